The van der Waals surface area contributed by atoms with Gasteiger partial charge in [-0.25, -0.2) is 4.98 Å². The number of aryl methyl sites for hydroxylation is 1. The minimum atomic E-state index is -0.948. The third-order valence-electron chi connectivity index (χ3n) is 3.86. The van der Waals surface area contributed by atoms with Crippen LogP contribution in [-0.4, -0.2) is 10.1 Å². The molecular weight excluding hydrogens is 304 g/mol. The Balaban J connectivity index is 2.78. The van der Waals surface area contributed by atoms with Gasteiger partial charge >= 0.3 is 0 Å². The standard InChI is InChI=1S/C15H19BrN2O/c1-4-15(19,5-2)14-13(17)9(3)11-8-10(16)6-7-12(11)18-14/h6-8,19H,4-5,17H2,1-3H3. The minimum Gasteiger partial charge on any atom is -0.397 e. The van der Waals surface area contributed by atoms with Gasteiger partial charge in [-0.1, -0.05) is 29.8 Å². The number of aliphatic hydroxyl groups is 1. The van der Waals surface area contributed by atoms with Crippen molar-refractivity contribution in [2.75, 3.05) is 5.73 Å². The van der Waals surface area contributed by atoms with Crippen LogP contribution in [0.1, 0.15) is 37.9 Å². The van der Waals surface area contributed by atoms with E-state index in [1.807, 2.05) is 39.0 Å². The Kier molecular flexibility index (Phi) is 3.83. The van der Waals surface area contributed by atoms with Crippen LogP contribution in [0.25, 0.3) is 10.9 Å². The fraction of sp³-hybridized carbons (Fsp3) is 0.400. The number of halogens is 1. The monoisotopic (exact) mass is 322 g/mol. The Morgan fingerprint density at radius 1 is 1.32 bits per heavy atom. The highest BCUT2D eigenvalue weighted by Gasteiger charge is 2.30. The van der Waals surface area contributed by atoms with Crippen molar-refractivity contribution in [1.82, 2.24) is 4.98 Å². The summed E-state index contributed by atoms with van der Waals surface area (Å²) in [5, 5.41) is 11.7. The van der Waals surface area contributed by atoms with Crippen LogP contribution in [0.5, 0.6) is 0 Å². The zero-order valence-electron chi connectivity index (χ0n) is 11.5. The predicted molar refractivity (Wildman–Crippen MR) is 83.1 cm³/mol. The van der Waals surface area contributed by atoms with Crippen LogP contribution in [-0.2, 0) is 5.60 Å². The molecule has 0 saturated heterocycles. The van der Waals surface area contributed by atoms with Gasteiger partial charge in [0, 0.05) is 9.86 Å². The van der Waals surface area contributed by atoms with E-state index in [2.05, 4.69) is 20.9 Å². The summed E-state index contributed by atoms with van der Waals surface area (Å²) in [5.74, 6) is 0. The molecule has 19 heavy (non-hydrogen) atoms. The van der Waals surface area contributed by atoms with Crippen LogP contribution in [0.4, 0.5) is 5.69 Å². The maximum atomic E-state index is 10.7. The van der Waals surface area contributed by atoms with Gasteiger partial charge in [-0.2, -0.15) is 0 Å². The van der Waals surface area contributed by atoms with Crippen molar-refractivity contribution in [3.05, 3.63) is 33.9 Å². The zero-order valence-corrected chi connectivity index (χ0v) is 13.1. The molecule has 1 aromatic carbocycles. The molecule has 4 heteroatoms. The molecule has 0 atom stereocenters. The number of fused-ring (bicyclic) bond motifs is 1. The number of benzene rings is 1. The fourth-order valence-electron chi connectivity index (χ4n) is 2.35. The number of rotatable bonds is 3. The second-order valence-corrected chi connectivity index (χ2v) is 5.81. The van der Waals surface area contributed by atoms with E-state index in [9.17, 15) is 5.11 Å². The van der Waals surface area contributed by atoms with Gasteiger partial charge in [-0.15, -0.1) is 0 Å². The van der Waals surface area contributed by atoms with E-state index in [1.54, 1.807) is 0 Å². The van der Waals surface area contributed by atoms with Gasteiger partial charge in [0.2, 0.25) is 0 Å². The largest absolute Gasteiger partial charge is 0.397 e. The van der Waals surface area contributed by atoms with Crippen LogP contribution in [0, 0.1) is 6.92 Å². The lowest BCUT2D eigenvalue weighted by atomic mass is 9.90. The molecule has 2 rings (SSSR count). The van der Waals surface area contributed by atoms with E-state index in [0.29, 0.717) is 24.2 Å². The van der Waals surface area contributed by atoms with Crippen molar-refractivity contribution in [2.45, 2.75) is 39.2 Å². The average Bonchev–Trinajstić information content (AvgIpc) is 2.42. The molecule has 0 radical (unpaired) electrons. The summed E-state index contributed by atoms with van der Waals surface area (Å²) >= 11 is 3.46. The van der Waals surface area contributed by atoms with Gasteiger partial charge in [0.15, 0.2) is 0 Å². The first-order valence-electron chi connectivity index (χ1n) is 6.51. The molecule has 1 aromatic heterocycles. The Labute approximate surface area is 122 Å². The lowest BCUT2D eigenvalue weighted by Gasteiger charge is -2.27. The highest BCUT2D eigenvalue weighted by atomic mass is 79.9. The predicted octanol–water partition coefficient (Wildman–Crippen LogP) is 3.90. The molecule has 1 heterocycles. The highest BCUT2D eigenvalue weighted by Crippen LogP contribution is 2.36. The van der Waals surface area contributed by atoms with E-state index in [-0.39, 0.29) is 0 Å². The summed E-state index contributed by atoms with van der Waals surface area (Å²) in [6, 6.07) is 5.90. The molecule has 0 aliphatic carbocycles. The lowest BCUT2D eigenvalue weighted by molar-refractivity contribution is 0.0251. The van der Waals surface area contributed by atoms with Crippen molar-refractivity contribution in [2.24, 2.45) is 0 Å². The Bertz CT molecular complexity index is 621. The maximum Gasteiger partial charge on any atom is 0.108 e. The molecule has 102 valence electrons. The quantitative estimate of drug-likeness (QED) is 0.901. The van der Waals surface area contributed by atoms with Crippen LogP contribution >= 0.6 is 15.9 Å². The maximum absolute atomic E-state index is 10.7. The van der Waals surface area contributed by atoms with E-state index in [0.717, 1.165) is 20.9 Å². The molecule has 0 spiro atoms. The molecule has 2 aromatic rings. The van der Waals surface area contributed by atoms with Crippen molar-refractivity contribution < 1.29 is 5.11 Å². The van der Waals surface area contributed by atoms with E-state index < -0.39 is 5.60 Å². The van der Waals surface area contributed by atoms with Gasteiger partial charge in [0.1, 0.15) is 5.60 Å². The highest BCUT2D eigenvalue weighted by molar-refractivity contribution is 9.10. The first kappa shape index (κ1) is 14.3. The van der Waals surface area contributed by atoms with Crippen LogP contribution in [0.2, 0.25) is 0 Å². The zero-order chi connectivity index (χ0) is 14.2. The average molecular weight is 323 g/mol. The minimum absolute atomic E-state index is 0.594. The third-order valence-corrected chi connectivity index (χ3v) is 4.36. The van der Waals surface area contributed by atoms with Crippen LogP contribution < -0.4 is 5.73 Å². The van der Waals surface area contributed by atoms with Crippen molar-refractivity contribution >= 4 is 32.5 Å². The number of nitrogens with two attached hydrogens (primary N) is 1. The van der Waals surface area contributed by atoms with Crippen molar-refractivity contribution in [1.29, 1.82) is 0 Å². The lowest BCUT2D eigenvalue weighted by Crippen LogP contribution is -2.27. The Hall–Kier alpha value is -1.13. The van der Waals surface area contributed by atoms with Crippen molar-refractivity contribution in [3.8, 4) is 0 Å². The number of hydrogen-bond acceptors (Lipinski definition) is 3. The van der Waals surface area contributed by atoms with E-state index in [1.165, 1.54) is 0 Å². The second kappa shape index (κ2) is 5.10. The molecular formula is C15H19BrN2O. The first-order valence-corrected chi connectivity index (χ1v) is 7.30. The number of nitrogen functional groups attached to an aromatic ring is 1. The van der Waals surface area contributed by atoms with Crippen molar-refractivity contribution in [3.63, 3.8) is 0 Å². The second-order valence-electron chi connectivity index (χ2n) is 4.90. The molecule has 3 N–H and O–H groups in total. The summed E-state index contributed by atoms with van der Waals surface area (Å²) in [7, 11) is 0. The number of pyridine rings is 1. The molecule has 0 bridgehead atoms. The smallest absolute Gasteiger partial charge is 0.108 e. The summed E-state index contributed by atoms with van der Waals surface area (Å²) < 4.78 is 0.998. The van der Waals surface area contributed by atoms with Gasteiger partial charge in [-0.05, 0) is 43.5 Å². The summed E-state index contributed by atoms with van der Waals surface area (Å²) in [6.07, 6.45) is 1.20. The van der Waals surface area contributed by atoms with Crippen LogP contribution in [0.3, 0.4) is 0 Å². The number of nitrogens with zero attached hydrogens (tertiary/aromatic N) is 1. The van der Waals surface area contributed by atoms with Gasteiger partial charge in [0.25, 0.3) is 0 Å². The normalized spacial score (nSPS) is 12.1. The fourth-order valence-corrected chi connectivity index (χ4v) is 2.71. The Morgan fingerprint density at radius 3 is 2.53 bits per heavy atom. The van der Waals surface area contributed by atoms with Crippen LogP contribution in [0.15, 0.2) is 22.7 Å². The molecule has 3 nitrogen and oxygen atoms in total. The molecule has 0 unspecified atom stereocenters. The molecule has 0 amide bonds. The van der Waals surface area contributed by atoms with Gasteiger partial charge in [0.05, 0.1) is 16.9 Å². The molecule has 0 saturated carbocycles. The SMILES string of the molecule is CCC(O)(CC)c1nc2ccc(Br)cc2c(C)c1N. The molecule has 0 aliphatic heterocycles. The Morgan fingerprint density at radius 2 is 1.95 bits per heavy atom. The topological polar surface area (TPSA) is 59.1 Å². The van der Waals surface area contributed by atoms with Gasteiger partial charge in [-0.3, -0.25) is 0 Å². The van der Waals surface area contributed by atoms with Gasteiger partial charge < -0.3 is 10.8 Å². The molecule has 0 aliphatic rings. The number of aromatic nitrogens is 1. The van der Waals surface area contributed by atoms with E-state index >= 15 is 0 Å². The van der Waals surface area contributed by atoms with E-state index in [4.69, 9.17) is 5.73 Å². The number of hydrogen-bond donors (Lipinski definition) is 2. The summed E-state index contributed by atoms with van der Waals surface area (Å²) in [6.45, 7) is 5.87. The first-order chi connectivity index (χ1) is 8.92. The summed E-state index contributed by atoms with van der Waals surface area (Å²) in [4.78, 5) is 4.59. The summed E-state index contributed by atoms with van der Waals surface area (Å²) in [5.41, 5.74) is 8.29. The third kappa shape index (κ3) is 2.35. The molecule has 0 fully saturated rings. The number of anilines is 1.